The van der Waals surface area contributed by atoms with Gasteiger partial charge >= 0.3 is 0 Å². The molecule has 0 amide bonds. The predicted octanol–water partition coefficient (Wildman–Crippen LogP) is 2.65. The van der Waals surface area contributed by atoms with Gasteiger partial charge in [0.1, 0.15) is 5.82 Å². The first-order valence-corrected chi connectivity index (χ1v) is 6.78. The van der Waals surface area contributed by atoms with Crippen LogP contribution >= 0.6 is 23.4 Å². The Morgan fingerprint density at radius 1 is 1.39 bits per heavy atom. The molecule has 1 aromatic carbocycles. The second-order valence-corrected chi connectivity index (χ2v) is 5.33. The van der Waals surface area contributed by atoms with E-state index in [1.54, 1.807) is 11.8 Å². The molecule has 1 aromatic heterocycles. The van der Waals surface area contributed by atoms with Crippen molar-refractivity contribution < 1.29 is 0 Å². The van der Waals surface area contributed by atoms with Gasteiger partial charge in [-0.3, -0.25) is 0 Å². The summed E-state index contributed by atoms with van der Waals surface area (Å²) in [5, 5.41) is 12.9. The van der Waals surface area contributed by atoms with Crippen molar-refractivity contribution in [3.63, 3.8) is 0 Å². The molecule has 6 heteroatoms. The summed E-state index contributed by atoms with van der Waals surface area (Å²) in [6.07, 6.45) is 0. The minimum Gasteiger partial charge on any atom is -0.316 e. The molecular weight excluding hydrogens is 268 g/mol. The first kappa shape index (κ1) is 13.4. The van der Waals surface area contributed by atoms with Gasteiger partial charge in [-0.1, -0.05) is 23.7 Å². The molecule has 0 bridgehead atoms. The lowest BCUT2D eigenvalue weighted by Crippen LogP contribution is -2.06. The summed E-state index contributed by atoms with van der Waals surface area (Å²) in [4.78, 5) is 1.03. The van der Waals surface area contributed by atoms with E-state index < -0.39 is 0 Å². The highest BCUT2D eigenvalue weighted by molar-refractivity contribution is 7.99. The van der Waals surface area contributed by atoms with E-state index in [-0.39, 0.29) is 0 Å². The van der Waals surface area contributed by atoms with Crippen molar-refractivity contribution in [2.75, 3.05) is 7.05 Å². The van der Waals surface area contributed by atoms with Crippen molar-refractivity contribution in [2.24, 2.45) is 7.05 Å². The predicted molar refractivity (Wildman–Crippen MR) is 74.1 cm³/mol. The van der Waals surface area contributed by atoms with Crippen LogP contribution in [0.1, 0.15) is 11.4 Å². The number of nitrogens with zero attached hydrogens (tertiary/aromatic N) is 3. The molecule has 0 unspecified atom stereocenters. The molecule has 1 heterocycles. The maximum Gasteiger partial charge on any atom is 0.195 e. The Morgan fingerprint density at radius 3 is 2.78 bits per heavy atom. The molecule has 0 spiro atoms. The van der Waals surface area contributed by atoms with Crippen LogP contribution in [0.15, 0.2) is 28.3 Å². The summed E-state index contributed by atoms with van der Waals surface area (Å²) in [6.45, 7) is 2.71. The molecule has 18 heavy (non-hydrogen) atoms. The third-order valence-electron chi connectivity index (χ3n) is 2.66. The second-order valence-electron chi connectivity index (χ2n) is 3.95. The van der Waals surface area contributed by atoms with Gasteiger partial charge in [-0.15, -0.1) is 10.2 Å². The lowest BCUT2D eigenvalue weighted by atomic mass is 10.2. The van der Waals surface area contributed by atoms with Crippen molar-refractivity contribution in [3.05, 3.63) is 34.6 Å². The number of hydrogen-bond acceptors (Lipinski definition) is 4. The van der Waals surface area contributed by atoms with Gasteiger partial charge in [0, 0.05) is 18.5 Å². The van der Waals surface area contributed by atoms with Crippen LogP contribution in [0.2, 0.25) is 5.02 Å². The van der Waals surface area contributed by atoms with Crippen molar-refractivity contribution in [2.45, 2.75) is 23.5 Å². The van der Waals surface area contributed by atoms with Crippen molar-refractivity contribution in [3.8, 4) is 0 Å². The highest BCUT2D eigenvalue weighted by atomic mass is 35.5. The second kappa shape index (κ2) is 5.73. The molecule has 96 valence electrons. The summed E-state index contributed by atoms with van der Waals surface area (Å²) < 4.78 is 1.96. The van der Waals surface area contributed by atoms with E-state index in [4.69, 9.17) is 11.6 Å². The number of aryl methyl sites for hydroxylation is 1. The first-order chi connectivity index (χ1) is 8.63. The number of nitrogens with one attached hydrogen (secondary N) is 1. The van der Waals surface area contributed by atoms with Gasteiger partial charge in [-0.05, 0) is 37.4 Å². The number of rotatable bonds is 4. The van der Waals surface area contributed by atoms with Gasteiger partial charge < -0.3 is 9.88 Å². The summed E-state index contributed by atoms with van der Waals surface area (Å²) in [5.41, 5.74) is 1.16. The minimum atomic E-state index is 0.744. The fourth-order valence-electron chi connectivity index (χ4n) is 1.57. The highest BCUT2D eigenvalue weighted by Gasteiger charge is 2.12. The lowest BCUT2D eigenvalue weighted by molar-refractivity contribution is 0.763. The van der Waals surface area contributed by atoms with Crippen molar-refractivity contribution in [1.29, 1.82) is 0 Å². The fourth-order valence-corrected chi connectivity index (χ4v) is 2.85. The quantitative estimate of drug-likeness (QED) is 0.936. The molecule has 2 rings (SSSR count). The molecule has 4 nitrogen and oxygen atoms in total. The molecule has 0 aliphatic heterocycles. The van der Waals surface area contributed by atoms with Crippen LogP contribution in [0.3, 0.4) is 0 Å². The molecule has 0 atom stereocenters. The minimum absolute atomic E-state index is 0.744. The summed E-state index contributed by atoms with van der Waals surface area (Å²) in [5.74, 6) is 0.889. The number of hydrogen-bond donors (Lipinski definition) is 1. The Morgan fingerprint density at radius 2 is 2.17 bits per heavy atom. The van der Waals surface area contributed by atoms with Gasteiger partial charge in [0.15, 0.2) is 5.16 Å². The molecule has 0 saturated carbocycles. The fraction of sp³-hybridized carbons (Fsp3) is 0.333. The summed E-state index contributed by atoms with van der Waals surface area (Å²) in [6, 6.07) is 5.92. The van der Waals surface area contributed by atoms with Crippen LogP contribution < -0.4 is 5.32 Å². The zero-order valence-electron chi connectivity index (χ0n) is 10.6. The van der Waals surface area contributed by atoms with Crippen LogP contribution in [0, 0.1) is 6.92 Å². The van der Waals surface area contributed by atoms with Gasteiger partial charge in [0.05, 0.1) is 5.02 Å². The normalized spacial score (nSPS) is 10.9. The van der Waals surface area contributed by atoms with Crippen LogP contribution in [-0.2, 0) is 13.6 Å². The largest absolute Gasteiger partial charge is 0.316 e. The highest BCUT2D eigenvalue weighted by Crippen LogP contribution is 2.35. The maximum absolute atomic E-state index is 6.27. The van der Waals surface area contributed by atoms with Gasteiger partial charge in [-0.2, -0.15) is 0 Å². The zero-order valence-corrected chi connectivity index (χ0v) is 12.1. The SMILES string of the molecule is CNCc1cccc(Cl)c1Sc1nnc(C)n1C. The van der Waals surface area contributed by atoms with Crippen LogP contribution in [0.4, 0.5) is 0 Å². The molecule has 0 saturated heterocycles. The lowest BCUT2D eigenvalue weighted by Gasteiger charge is -2.10. The van der Waals surface area contributed by atoms with E-state index in [1.807, 2.05) is 37.7 Å². The number of halogens is 1. The Bertz CT molecular complexity index is 553. The van der Waals surface area contributed by atoms with E-state index in [2.05, 4.69) is 21.6 Å². The third-order valence-corrected chi connectivity index (χ3v) is 4.31. The number of aromatic nitrogens is 3. The number of benzene rings is 1. The molecule has 1 N–H and O–H groups in total. The molecular formula is C12H15ClN4S. The Hall–Kier alpha value is -1.04. The van der Waals surface area contributed by atoms with E-state index in [1.165, 1.54) is 0 Å². The van der Waals surface area contributed by atoms with Gasteiger partial charge in [-0.25, -0.2) is 0 Å². The Labute approximate surface area is 116 Å². The van der Waals surface area contributed by atoms with Gasteiger partial charge in [0.25, 0.3) is 0 Å². The molecule has 0 radical (unpaired) electrons. The average molecular weight is 283 g/mol. The maximum atomic E-state index is 6.27. The van der Waals surface area contributed by atoms with E-state index in [9.17, 15) is 0 Å². The summed E-state index contributed by atoms with van der Waals surface area (Å²) >= 11 is 7.81. The molecule has 2 aromatic rings. The zero-order chi connectivity index (χ0) is 13.1. The van der Waals surface area contributed by atoms with E-state index in [0.29, 0.717) is 0 Å². The van der Waals surface area contributed by atoms with Crippen molar-refractivity contribution >= 4 is 23.4 Å². The Kier molecular flexibility index (Phi) is 4.27. The molecule has 0 fully saturated rings. The van der Waals surface area contributed by atoms with Crippen LogP contribution in [0.25, 0.3) is 0 Å². The smallest absolute Gasteiger partial charge is 0.195 e. The molecule has 0 aliphatic carbocycles. The Balaban J connectivity index is 2.36. The first-order valence-electron chi connectivity index (χ1n) is 5.59. The topological polar surface area (TPSA) is 42.7 Å². The van der Waals surface area contributed by atoms with Crippen LogP contribution in [0.5, 0.6) is 0 Å². The van der Waals surface area contributed by atoms with Gasteiger partial charge in [0.2, 0.25) is 0 Å². The van der Waals surface area contributed by atoms with Crippen molar-refractivity contribution in [1.82, 2.24) is 20.1 Å². The third kappa shape index (κ3) is 2.68. The average Bonchev–Trinajstić information content (AvgIpc) is 2.65. The standard InChI is InChI=1S/C12H15ClN4S/c1-8-15-16-12(17(8)3)18-11-9(7-14-2)5-4-6-10(11)13/h4-6,14H,7H2,1-3H3. The summed E-state index contributed by atoms with van der Waals surface area (Å²) in [7, 11) is 3.87. The van der Waals surface area contributed by atoms with Crippen LogP contribution in [-0.4, -0.2) is 21.8 Å². The van der Waals surface area contributed by atoms with E-state index in [0.717, 1.165) is 33.0 Å². The van der Waals surface area contributed by atoms with E-state index >= 15 is 0 Å². The monoisotopic (exact) mass is 282 g/mol. The molecule has 0 aliphatic rings.